The number of hydrogen-bond acceptors (Lipinski definition) is 3. The summed E-state index contributed by atoms with van der Waals surface area (Å²) in [7, 11) is 0. The average molecular weight is 245 g/mol. The minimum absolute atomic E-state index is 0.165. The molecule has 0 bridgehead atoms. The Morgan fingerprint density at radius 3 is 1.65 bits per heavy atom. The summed E-state index contributed by atoms with van der Waals surface area (Å²) in [4.78, 5) is 2.25. The first-order valence-corrected chi connectivity index (χ1v) is 6.67. The van der Waals surface area contributed by atoms with Crippen LogP contribution in [0.3, 0.4) is 0 Å². The van der Waals surface area contributed by atoms with Gasteiger partial charge in [0.25, 0.3) is 0 Å². The predicted octanol–water partition coefficient (Wildman–Crippen LogP) is 2.26. The van der Waals surface area contributed by atoms with E-state index in [-0.39, 0.29) is 5.41 Å². The third kappa shape index (κ3) is 6.39. The molecule has 0 saturated carbocycles. The van der Waals surface area contributed by atoms with Crippen LogP contribution in [-0.4, -0.2) is 45.9 Å². The van der Waals surface area contributed by atoms with Crippen LogP contribution in [0.15, 0.2) is 0 Å². The average Bonchev–Trinajstić information content (AvgIpc) is 2.11. The molecule has 17 heavy (non-hydrogen) atoms. The molecule has 0 aliphatic heterocycles. The number of aliphatic hydroxyl groups is 2. The number of rotatable bonds is 6. The summed E-state index contributed by atoms with van der Waals surface area (Å²) in [6.07, 6.45) is -0.480. The van der Waals surface area contributed by atoms with E-state index in [9.17, 15) is 10.2 Å². The smallest absolute Gasteiger partial charge is 0.0692 e. The standard InChI is InChI=1S/C14H31NO2/c1-10(2)15(11(3)4)9-12(16)8-13(17)14(5,6)7/h10-13,16-17H,8-9H2,1-7H3. The lowest BCUT2D eigenvalue weighted by molar-refractivity contribution is -0.00524. The zero-order valence-electron chi connectivity index (χ0n) is 12.6. The van der Waals surface area contributed by atoms with Gasteiger partial charge in [-0.05, 0) is 33.1 Å². The molecule has 2 N–H and O–H groups in total. The van der Waals surface area contributed by atoms with Crippen LogP contribution in [0.5, 0.6) is 0 Å². The minimum atomic E-state index is -0.464. The topological polar surface area (TPSA) is 43.7 Å². The van der Waals surface area contributed by atoms with E-state index in [2.05, 4.69) is 32.6 Å². The van der Waals surface area contributed by atoms with E-state index >= 15 is 0 Å². The summed E-state index contributed by atoms with van der Waals surface area (Å²) in [6.45, 7) is 15.1. The first-order chi connectivity index (χ1) is 7.55. The molecule has 2 unspecified atom stereocenters. The second kappa shape index (κ2) is 6.72. The largest absolute Gasteiger partial charge is 0.392 e. The Hall–Kier alpha value is -0.120. The van der Waals surface area contributed by atoms with Crippen molar-refractivity contribution in [3.63, 3.8) is 0 Å². The molecule has 0 radical (unpaired) electrons. The van der Waals surface area contributed by atoms with E-state index in [1.165, 1.54) is 0 Å². The Balaban J connectivity index is 4.29. The van der Waals surface area contributed by atoms with Crippen LogP contribution in [-0.2, 0) is 0 Å². The van der Waals surface area contributed by atoms with E-state index in [0.717, 1.165) is 0 Å². The van der Waals surface area contributed by atoms with Crippen molar-refractivity contribution < 1.29 is 10.2 Å². The maximum Gasteiger partial charge on any atom is 0.0692 e. The number of nitrogens with zero attached hydrogens (tertiary/aromatic N) is 1. The highest BCUT2D eigenvalue weighted by atomic mass is 16.3. The molecule has 3 nitrogen and oxygen atoms in total. The van der Waals surface area contributed by atoms with Gasteiger partial charge in [0.1, 0.15) is 0 Å². The van der Waals surface area contributed by atoms with Crippen LogP contribution in [0.1, 0.15) is 54.9 Å². The van der Waals surface area contributed by atoms with E-state index in [1.54, 1.807) is 0 Å². The summed E-state index contributed by atoms with van der Waals surface area (Å²) < 4.78 is 0. The fourth-order valence-electron chi connectivity index (χ4n) is 1.95. The Morgan fingerprint density at radius 2 is 1.35 bits per heavy atom. The van der Waals surface area contributed by atoms with E-state index in [0.29, 0.717) is 25.0 Å². The van der Waals surface area contributed by atoms with Crippen molar-refractivity contribution in [1.82, 2.24) is 4.90 Å². The molecule has 0 aromatic rings. The minimum Gasteiger partial charge on any atom is -0.392 e. The summed E-state index contributed by atoms with van der Waals surface area (Å²) in [6, 6.07) is 0.827. The summed E-state index contributed by atoms with van der Waals surface area (Å²) >= 11 is 0. The van der Waals surface area contributed by atoms with Gasteiger partial charge in [-0.25, -0.2) is 0 Å². The first kappa shape index (κ1) is 16.9. The number of hydrogen-bond donors (Lipinski definition) is 2. The lowest BCUT2D eigenvalue weighted by atomic mass is 9.86. The second-order valence-electron chi connectivity index (χ2n) is 6.66. The highest BCUT2D eigenvalue weighted by Gasteiger charge is 2.26. The fraction of sp³-hybridized carbons (Fsp3) is 1.00. The van der Waals surface area contributed by atoms with Crippen molar-refractivity contribution in [3.8, 4) is 0 Å². The maximum absolute atomic E-state index is 10.0. The van der Waals surface area contributed by atoms with Gasteiger partial charge in [-0.3, -0.25) is 4.90 Å². The molecular weight excluding hydrogens is 214 g/mol. The van der Waals surface area contributed by atoms with Gasteiger partial charge in [-0.1, -0.05) is 20.8 Å². The van der Waals surface area contributed by atoms with Crippen molar-refractivity contribution in [3.05, 3.63) is 0 Å². The third-order valence-corrected chi connectivity index (χ3v) is 3.24. The predicted molar refractivity (Wildman–Crippen MR) is 73.1 cm³/mol. The molecule has 0 aliphatic rings. The molecule has 104 valence electrons. The van der Waals surface area contributed by atoms with Gasteiger partial charge in [-0.15, -0.1) is 0 Å². The Kier molecular flexibility index (Phi) is 6.67. The molecule has 2 atom stereocenters. The highest BCUT2D eigenvalue weighted by Crippen LogP contribution is 2.23. The SMILES string of the molecule is CC(C)N(CC(O)CC(O)C(C)(C)C)C(C)C. The van der Waals surface area contributed by atoms with E-state index in [4.69, 9.17) is 0 Å². The molecule has 0 rings (SSSR count). The van der Waals surface area contributed by atoms with Gasteiger partial charge in [0.05, 0.1) is 12.2 Å². The van der Waals surface area contributed by atoms with Gasteiger partial charge < -0.3 is 10.2 Å². The molecule has 0 fully saturated rings. The van der Waals surface area contributed by atoms with Crippen LogP contribution in [0.2, 0.25) is 0 Å². The Morgan fingerprint density at radius 1 is 0.941 bits per heavy atom. The summed E-state index contributed by atoms with van der Waals surface area (Å²) in [5.74, 6) is 0. The molecule has 0 amide bonds. The Bertz CT molecular complexity index is 201. The van der Waals surface area contributed by atoms with E-state index in [1.807, 2.05) is 20.8 Å². The zero-order chi connectivity index (χ0) is 13.8. The zero-order valence-corrected chi connectivity index (χ0v) is 12.6. The van der Waals surface area contributed by atoms with Gasteiger partial charge in [0.15, 0.2) is 0 Å². The van der Waals surface area contributed by atoms with Crippen molar-refractivity contribution >= 4 is 0 Å². The van der Waals surface area contributed by atoms with Crippen LogP contribution in [0, 0.1) is 5.41 Å². The lowest BCUT2D eigenvalue weighted by Crippen LogP contribution is -2.44. The summed E-state index contributed by atoms with van der Waals surface area (Å²) in [5, 5.41) is 20.0. The van der Waals surface area contributed by atoms with Crippen molar-refractivity contribution in [1.29, 1.82) is 0 Å². The van der Waals surface area contributed by atoms with Crippen molar-refractivity contribution in [2.24, 2.45) is 5.41 Å². The molecule has 0 spiro atoms. The molecular formula is C14H31NO2. The normalized spacial score (nSPS) is 16.9. The third-order valence-electron chi connectivity index (χ3n) is 3.24. The quantitative estimate of drug-likeness (QED) is 0.754. The Labute approximate surface area is 107 Å². The van der Waals surface area contributed by atoms with Crippen molar-refractivity contribution in [2.75, 3.05) is 6.54 Å². The molecule has 0 aromatic carbocycles. The summed E-state index contributed by atoms with van der Waals surface area (Å²) in [5.41, 5.74) is -0.165. The molecule has 0 aromatic heterocycles. The molecule has 3 heteroatoms. The number of aliphatic hydroxyl groups excluding tert-OH is 2. The second-order valence-corrected chi connectivity index (χ2v) is 6.66. The molecule has 0 heterocycles. The molecule has 0 aliphatic carbocycles. The van der Waals surface area contributed by atoms with Gasteiger partial charge in [0, 0.05) is 25.0 Å². The maximum atomic E-state index is 10.0. The first-order valence-electron chi connectivity index (χ1n) is 6.67. The highest BCUT2D eigenvalue weighted by molar-refractivity contribution is 4.79. The van der Waals surface area contributed by atoms with Crippen LogP contribution in [0.25, 0.3) is 0 Å². The van der Waals surface area contributed by atoms with Crippen LogP contribution in [0.4, 0.5) is 0 Å². The van der Waals surface area contributed by atoms with Crippen LogP contribution >= 0.6 is 0 Å². The van der Waals surface area contributed by atoms with Crippen molar-refractivity contribution in [2.45, 2.75) is 79.2 Å². The fourth-order valence-corrected chi connectivity index (χ4v) is 1.95. The van der Waals surface area contributed by atoms with E-state index < -0.39 is 12.2 Å². The monoisotopic (exact) mass is 245 g/mol. The van der Waals surface area contributed by atoms with Crippen LogP contribution < -0.4 is 0 Å². The van der Waals surface area contributed by atoms with Gasteiger partial charge in [0.2, 0.25) is 0 Å². The lowest BCUT2D eigenvalue weighted by Gasteiger charge is -2.34. The molecule has 0 saturated heterocycles. The van der Waals surface area contributed by atoms with Gasteiger partial charge in [-0.2, -0.15) is 0 Å². The van der Waals surface area contributed by atoms with Gasteiger partial charge >= 0.3 is 0 Å².